The van der Waals surface area contributed by atoms with Crippen LogP contribution < -0.4 is 19.9 Å². The number of aromatic nitrogens is 1. The molecule has 242 valence electrons. The first-order valence-electron chi connectivity index (χ1n) is 13.9. The number of nitrogens with two attached hydrogens (primary N) is 1. The van der Waals surface area contributed by atoms with E-state index in [0.717, 1.165) is 29.5 Å². The Morgan fingerprint density at radius 3 is 2.44 bits per heavy atom. The van der Waals surface area contributed by atoms with Crippen LogP contribution in [0.5, 0.6) is 11.5 Å². The number of anilines is 1. The van der Waals surface area contributed by atoms with Crippen molar-refractivity contribution in [2.24, 2.45) is 5.92 Å². The van der Waals surface area contributed by atoms with Crippen LogP contribution in [0.25, 0.3) is 0 Å². The fourth-order valence-electron chi connectivity index (χ4n) is 4.65. The van der Waals surface area contributed by atoms with Crippen LogP contribution in [0.15, 0.2) is 59.8 Å². The van der Waals surface area contributed by atoms with E-state index in [4.69, 9.17) is 43.1 Å². The SMILES string of the molecule is Nc1ccc(S(=O)(=O)N2CCOC(C(=O)O[C@@H](Cc3c(Cl)c[n+]([O-])cc3Cl)c3ccc(OC(F)F)c(OCC4CC4)c3)C2)cc1. The number of sulfonamides is 1. The topological polar surface area (TPSA) is 144 Å². The third kappa shape index (κ3) is 8.24. The molecule has 2 atom stereocenters. The molecule has 1 aliphatic carbocycles. The van der Waals surface area contributed by atoms with Crippen molar-refractivity contribution in [3.63, 3.8) is 0 Å². The summed E-state index contributed by atoms with van der Waals surface area (Å²) < 4.78 is 76.2. The molecule has 3 aromatic rings. The Labute approximate surface area is 268 Å². The number of carbonyl (C=O) groups excluding carboxylic acids is 1. The molecule has 0 spiro atoms. The molecule has 45 heavy (non-hydrogen) atoms. The van der Waals surface area contributed by atoms with Crippen LogP contribution in [0.4, 0.5) is 14.5 Å². The largest absolute Gasteiger partial charge is 0.619 e. The number of hydrogen-bond donors (Lipinski definition) is 1. The second-order valence-corrected chi connectivity index (χ2v) is 13.3. The van der Waals surface area contributed by atoms with E-state index in [2.05, 4.69) is 4.74 Å². The van der Waals surface area contributed by atoms with Crippen molar-refractivity contribution in [3.05, 3.63) is 81.2 Å². The first-order chi connectivity index (χ1) is 21.4. The highest BCUT2D eigenvalue weighted by Crippen LogP contribution is 2.38. The maximum Gasteiger partial charge on any atom is 0.387 e. The summed E-state index contributed by atoms with van der Waals surface area (Å²) in [6, 6.07) is 9.74. The van der Waals surface area contributed by atoms with E-state index >= 15 is 0 Å². The highest BCUT2D eigenvalue weighted by atomic mass is 35.5. The van der Waals surface area contributed by atoms with Gasteiger partial charge in [0.25, 0.3) is 0 Å². The molecule has 1 aromatic heterocycles. The zero-order chi connectivity index (χ0) is 32.3. The summed E-state index contributed by atoms with van der Waals surface area (Å²) >= 11 is 12.6. The lowest BCUT2D eigenvalue weighted by molar-refractivity contribution is -0.605. The van der Waals surface area contributed by atoms with E-state index < -0.39 is 34.8 Å². The predicted octanol–water partition coefficient (Wildman–Crippen LogP) is 4.52. The van der Waals surface area contributed by atoms with Gasteiger partial charge in [-0.15, -0.1) is 0 Å². The average Bonchev–Trinajstić information content (AvgIpc) is 3.82. The molecule has 1 aliphatic heterocycles. The monoisotopic (exact) mass is 687 g/mol. The fourth-order valence-corrected chi connectivity index (χ4v) is 6.68. The van der Waals surface area contributed by atoms with Gasteiger partial charge in [0.2, 0.25) is 10.0 Å². The van der Waals surface area contributed by atoms with E-state index in [-0.39, 0.29) is 64.7 Å². The lowest BCUT2D eigenvalue weighted by Crippen LogP contribution is -2.49. The van der Waals surface area contributed by atoms with Crippen molar-refractivity contribution in [1.82, 2.24) is 4.31 Å². The second kappa shape index (κ2) is 13.9. The first-order valence-corrected chi connectivity index (χ1v) is 16.1. The summed E-state index contributed by atoms with van der Waals surface area (Å²) in [6.07, 6.45) is 1.46. The highest BCUT2D eigenvalue weighted by molar-refractivity contribution is 7.89. The molecule has 2 aromatic carbocycles. The molecule has 2 aliphatic rings. The van der Waals surface area contributed by atoms with Gasteiger partial charge in [-0.1, -0.05) is 29.3 Å². The molecule has 0 radical (unpaired) electrons. The van der Waals surface area contributed by atoms with Crippen LogP contribution in [0.3, 0.4) is 0 Å². The summed E-state index contributed by atoms with van der Waals surface area (Å²) in [6.45, 7) is -3.25. The molecule has 2 fully saturated rings. The van der Waals surface area contributed by atoms with Gasteiger partial charge in [-0.05, 0) is 60.7 Å². The molecule has 0 amide bonds. The maximum absolute atomic E-state index is 13.5. The Bertz CT molecular complexity index is 1620. The number of benzene rings is 2. The number of pyridine rings is 1. The number of halogens is 4. The van der Waals surface area contributed by atoms with Crippen LogP contribution in [0, 0.1) is 11.1 Å². The second-order valence-electron chi connectivity index (χ2n) is 10.6. The number of nitrogen functional groups attached to an aromatic ring is 1. The van der Waals surface area contributed by atoms with E-state index in [0.29, 0.717) is 21.9 Å². The van der Waals surface area contributed by atoms with Gasteiger partial charge in [-0.3, -0.25) is 0 Å². The normalized spacial score (nSPS) is 18.0. The summed E-state index contributed by atoms with van der Waals surface area (Å²) in [5, 5.41) is 11.8. The number of ether oxygens (including phenoxy) is 4. The fraction of sp³-hybridized carbons (Fsp3) is 0.379. The van der Waals surface area contributed by atoms with Crippen LogP contribution in [0.2, 0.25) is 10.0 Å². The van der Waals surface area contributed by atoms with Crippen LogP contribution in [-0.2, 0) is 30.7 Å². The molecule has 2 heterocycles. The smallest absolute Gasteiger partial charge is 0.387 e. The number of carbonyl (C=O) groups is 1. The third-order valence-electron chi connectivity index (χ3n) is 7.24. The molecule has 11 nitrogen and oxygen atoms in total. The van der Waals surface area contributed by atoms with Crippen molar-refractivity contribution in [2.45, 2.75) is 43.0 Å². The van der Waals surface area contributed by atoms with Crippen molar-refractivity contribution < 1.29 is 45.7 Å². The Hall–Kier alpha value is -3.43. The Morgan fingerprint density at radius 1 is 1.11 bits per heavy atom. The summed E-state index contributed by atoms with van der Waals surface area (Å²) in [5.74, 6) is -0.800. The molecular formula is C29H29Cl2F2N3O8S. The van der Waals surface area contributed by atoms with E-state index in [1.807, 2.05) is 0 Å². The highest BCUT2D eigenvalue weighted by Gasteiger charge is 2.36. The van der Waals surface area contributed by atoms with Crippen LogP contribution in [-0.4, -0.2) is 57.7 Å². The van der Waals surface area contributed by atoms with Gasteiger partial charge in [-0.2, -0.15) is 17.8 Å². The lowest BCUT2D eigenvalue weighted by Gasteiger charge is -2.32. The third-order valence-corrected chi connectivity index (χ3v) is 9.77. The molecule has 5 rings (SSSR count). The summed E-state index contributed by atoms with van der Waals surface area (Å²) in [5.41, 5.74) is 6.66. The Kier molecular flexibility index (Phi) is 10.2. The van der Waals surface area contributed by atoms with Gasteiger partial charge in [-0.25, -0.2) is 13.2 Å². The Morgan fingerprint density at radius 2 is 1.80 bits per heavy atom. The molecule has 0 bridgehead atoms. The van der Waals surface area contributed by atoms with Gasteiger partial charge < -0.3 is 29.9 Å². The number of rotatable bonds is 12. The standard InChI is InChI=1S/C29H29Cl2F2N3O8S/c30-22-13-35(38)14-23(31)21(22)12-25(18-3-8-24(44-29(32)33)26(11-18)42-16-17-1-2-17)43-28(37)27-15-36(9-10-41-27)45(39,40)20-6-4-19(34)5-7-20/h3-8,11,13-14,17,25,27,29H,1-2,9-10,12,15-16,34H2/t25-,27?/m0/s1. The van der Waals surface area contributed by atoms with Crippen molar-refractivity contribution in [2.75, 3.05) is 32.0 Å². The number of morpholine rings is 1. The number of nitrogens with zero attached hydrogens (tertiary/aromatic N) is 2. The molecule has 1 saturated heterocycles. The minimum Gasteiger partial charge on any atom is -0.619 e. The quantitative estimate of drug-likeness (QED) is 0.126. The van der Waals surface area contributed by atoms with Gasteiger partial charge in [0, 0.05) is 24.2 Å². The molecule has 2 N–H and O–H groups in total. The number of hydrogen-bond acceptors (Lipinski definition) is 9. The van der Waals surface area contributed by atoms with Gasteiger partial charge in [0.1, 0.15) is 16.1 Å². The van der Waals surface area contributed by atoms with Crippen molar-refractivity contribution >= 4 is 44.9 Å². The summed E-state index contributed by atoms with van der Waals surface area (Å²) in [4.78, 5) is 13.5. The first kappa shape index (κ1) is 32.9. The van der Waals surface area contributed by atoms with E-state index in [9.17, 15) is 27.2 Å². The van der Waals surface area contributed by atoms with Gasteiger partial charge in [0.15, 0.2) is 30.0 Å². The average molecular weight is 689 g/mol. The minimum absolute atomic E-state index is 0.00234. The molecule has 1 unspecified atom stereocenters. The minimum atomic E-state index is -3.99. The van der Waals surface area contributed by atoms with Crippen LogP contribution in [0.1, 0.15) is 30.1 Å². The zero-order valence-electron chi connectivity index (χ0n) is 23.6. The van der Waals surface area contributed by atoms with E-state index in [1.165, 1.54) is 42.5 Å². The predicted molar refractivity (Wildman–Crippen MR) is 159 cm³/mol. The number of alkyl halides is 2. The maximum atomic E-state index is 13.5. The molecule has 16 heteroatoms. The van der Waals surface area contributed by atoms with E-state index in [1.54, 1.807) is 0 Å². The number of esters is 1. The van der Waals surface area contributed by atoms with Crippen molar-refractivity contribution in [3.8, 4) is 11.5 Å². The Balaban J connectivity index is 1.42. The van der Waals surface area contributed by atoms with Gasteiger partial charge >= 0.3 is 12.6 Å². The summed E-state index contributed by atoms with van der Waals surface area (Å²) in [7, 11) is -3.99. The molecular weight excluding hydrogens is 659 g/mol. The lowest BCUT2D eigenvalue weighted by atomic mass is 10.0. The molecule has 1 saturated carbocycles. The zero-order valence-corrected chi connectivity index (χ0v) is 25.9. The van der Waals surface area contributed by atoms with Gasteiger partial charge in [0.05, 0.1) is 24.7 Å². The van der Waals surface area contributed by atoms with Crippen LogP contribution >= 0.6 is 23.2 Å². The van der Waals surface area contributed by atoms with Crippen molar-refractivity contribution in [1.29, 1.82) is 0 Å².